The Morgan fingerprint density at radius 1 is 1.26 bits per heavy atom. The highest BCUT2D eigenvalue weighted by Gasteiger charge is 2.32. The van der Waals surface area contributed by atoms with Crippen LogP contribution in [-0.4, -0.2) is 72.0 Å². The Hall–Kier alpha value is -4.57. The molecular weight excluding hydrogens is 506 g/mol. The molecule has 0 spiro atoms. The van der Waals surface area contributed by atoms with Gasteiger partial charge in [0.1, 0.15) is 6.07 Å². The minimum atomic E-state index is -1.11. The topological polar surface area (TPSA) is 161 Å². The second kappa shape index (κ2) is 10.4. The molecular formula is C25H25N9O3S. The van der Waals surface area contributed by atoms with Gasteiger partial charge in [-0.15, -0.1) is 10.2 Å². The lowest BCUT2D eigenvalue weighted by Crippen LogP contribution is -2.42. The molecule has 1 fully saturated rings. The van der Waals surface area contributed by atoms with Crippen molar-refractivity contribution in [2.45, 2.75) is 38.8 Å². The van der Waals surface area contributed by atoms with E-state index in [2.05, 4.69) is 37.0 Å². The van der Waals surface area contributed by atoms with Crippen molar-refractivity contribution in [2.75, 3.05) is 18.4 Å². The number of fused-ring (bicyclic) bond motifs is 1. The Morgan fingerprint density at radius 2 is 2.11 bits per heavy atom. The normalized spacial score (nSPS) is 15.1. The van der Waals surface area contributed by atoms with Crippen LogP contribution in [0.3, 0.4) is 0 Å². The lowest BCUT2D eigenvalue weighted by Gasteiger charge is -2.23. The van der Waals surface area contributed by atoms with Gasteiger partial charge in [-0.3, -0.25) is 9.78 Å². The molecule has 0 bridgehead atoms. The van der Waals surface area contributed by atoms with E-state index >= 15 is 0 Å². The van der Waals surface area contributed by atoms with Crippen LogP contribution in [0.4, 0.5) is 10.5 Å². The predicted octanol–water partition coefficient (Wildman–Crippen LogP) is 3.48. The Bertz CT molecular complexity index is 1560. The van der Waals surface area contributed by atoms with Crippen molar-refractivity contribution in [1.82, 2.24) is 35.0 Å². The molecule has 3 N–H and O–H groups in total. The molecule has 0 unspecified atom stereocenters. The van der Waals surface area contributed by atoms with Gasteiger partial charge < -0.3 is 20.6 Å². The average Bonchev–Trinajstić information content (AvgIpc) is 3.66. The smallest absolute Gasteiger partial charge is 0.404 e. The number of carbonyl (C=O) groups excluding carboxylic acids is 1. The van der Waals surface area contributed by atoms with Crippen molar-refractivity contribution in [3.8, 4) is 28.0 Å². The number of rotatable bonds is 7. The van der Waals surface area contributed by atoms with E-state index in [0.29, 0.717) is 28.4 Å². The highest BCUT2D eigenvalue weighted by atomic mass is 32.1. The molecule has 4 aromatic rings. The molecule has 1 atom stereocenters. The van der Waals surface area contributed by atoms with Gasteiger partial charge in [-0.25, -0.2) is 9.31 Å². The van der Waals surface area contributed by atoms with Crippen LogP contribution in [0.25, 0.3) is 27.5 Å². The fourth-order valence-electron chi connectivity index (χ4n) is 4.51. The lowest BCUT2D eigenvalue weighted by molar-refractivity contribution is 0.0733. The van der Waals surface area contributed by atoms with Crippen LogP contribution in [0.5, 0.6) is 0 Å². The number of hydrogen-bond acceptors (Lipinski definition) is 9. The van der Waals surface area contributed by atoms with E-state index < -0.39 is 6.09 Å². The van der Waals surface area contributed by atoms with Crippen LogP contribution in [0.2, 0.25) is 0 Å². The van der Waals surface area contributed by atoms with Crippen molar-refractivity contribution in [1.29, 1.82) is 5.26 Å². The van der Waals surface area contributed by atoms with Gasteiger partial charge in [-0.05, 0) is 51.0 Å². The quantitative estimate of drug-likeness (QED) is 0.324. The lowest BCUT2D eigenvalue weighted by atomic mass is 10.1. The molecule has 13 heteroatoms. The average molecular weight is 532 g/mol. The number of amides is 2. The van der Waals surface area contributed by atoms with Gasteiger partial charge >= 0.3 is 6.09 Å². The Kier molecular flexibility index (Phi) is 6.89. The first-order valence-corrected chi connectivity index (χ1v) is 12.9. The first-order chi connectivity index (χ1) is 18.3. The number of carboxylic acid groups (broad SMARTS) is 1. The summed E-state index contributed by atoms with van der Waals surface area (Å²) in [6.45, 7) is 4.78. The van der Waals surface area contributed by atoms with E-state index in [4.69, 9.17) is 10.4 Å². The maximum atomic E-state index is 13.2. The fourth-order valence-corrected chi connectivity index (χ4v) is 5.34. The van der Waals surface area contributed by atoms with Gasteiger partial charge in [-0.1, -0.05) is 11.3 Å². The highest BCUT2D eigenvalue weighted by molar-refractivity contribution is 7.16. The molecule has 0 aliphatic carbocycles. The second-order valence-corrected chi connectivity index (χ2v) is 10.2. The molecule has 4 aromatic heterocycles. The van der Waals surface area contributed by atoms with Crippen molar-refractivity contribution in [2.24, 2.45) is 0 Å². The molecule has 38 heavy (non-hydrogen) atoms. The third-order valence-electron chi connectivity index (χ3n) is 6.21. The maximum Gasteiger partial charge on any atom is 0.404 e. The first-order valence-electron chi connectivity index (χ1n) is 12.1. The summed E-state index contributed by atoms with van der Waals surface area (Å²) in [7, 11) is 0. The number of hydrogen-bond donors (Lipinski definition) is 3. The third kappa shape index (κ3) is 4.98. The summed E-state index contributed by atoms with van der Waals surface area (Å²) in [5.74, 6) is -0.256. The zero-order valence-electron chi connectivity index (χ0n) is 20.7. The Balaban J connectivity index is 1.44. The number of nitrogens with one attached hydrogen (secondary N) is 2. The minimum absolute atomic E-state index is 0.116. The van der Waals surface area contributed by atoms with E-state index in [1.54, 1.807) is 21.7 Å². The van der Waals surface area contributed by atoms with E-state index in [1.165, 1.54) is 17.5 Å². The number of aromatic nitrogens is 5. The first kappa shape index (κ1) is 25.1. The van der Waals surface area contributed by atoms with Crippen LogP contribution in [0.1, 0.15) is 42.1 Å². The molecule has 12 nitrogen and oxygen atoms in total. The highest BCUT2D eigenvalue weighted by Crippen LogP contribution is 2.34. The predicted molar refractivity (Wildman–Crippen MR) is 141 cm³/mol. The van der Waals surface area contributed by atoms with Gasteiger partial charge in [0.05, 0.1) is 34.2 Å². The molecule has 1 saturated heterocycles. The summed E-state index contributed by atoms with van der Waals surface area (Å²) < 4.78 is 1.73. The maximum absolute atomic E-state index is 13.2. The number of nitrogens with zero attached hydrogens (tertiary/aromatic N) is 7. The Labute approximate surface area is 221 Å². The summed E-state index contributed by atoms with van der Waals surface area (Å²) in [6, 6.07) is 9.47. The molecule has 5 heterocycles. The molecule has 5 rings (SSSR count). The number of pyridine rings is 1. The molecule has 2 amide bonds. The number of nitriles is 1. The molecule has 0 saturated carbocycles. The van der Waals surface area contributed by atoms with E-state index in [1.807, 2.05) is 32.0 Å². The summed E-state index contributed by atoms with van der Waals surface area (Å²) in [4.78, 5) is 30.4. The van der Waals surface area contributed by atoms with Crippen LogP contribution in [0.15, 0.2) is 36.7 Å². The summed E-state index contributed by atoms with van der Waals surface area (Å²) in [5.41, 5.74) is 4.22. The second-order valence-electron chi connectivity index (χ2n) is 9.22. The van der Waals surface area contributed by atoms with Gasteiger partial charge in [0.25, 0.3) is 5.91 Å². The molecule has 1 aliphatic rings. The van der Waals surface area contributed by atoms with E-state index in [0.717, 1.165) is 29.7 Å². The number of anilines is 1. The summed E-state index contributed by atoms with van der Waals surface area (Å²) >= 11 is 1.18. The van der Waals surface area contributed by atoms with Gasteiger partial charge in [0.2, 0.25) is 5.01 Å². The summed E-state index contributed by atoms with van der Waals surface area (Å²) in [5, 5.41) is 37.5. The van der Waals surface area contributed by atoms with Crippen molar-refractivity contribution >= 4 is 34.5 Å². The monoisotopic (exact) mass is 531 g/mol. The van der Waals surface area contributed by atoms with Crippen LogP contribution < -0.4 is 10.6 Å². The molecule has 0 aromatic carbocycles. The van der Waals surface area contributed by atoms with Crippen LogP contribution in [0, 0.1) is 11.3 Å². The van der Waals surface area contributed by atoms with Gasteiger partial charge in [0.15, 0.2) is 5.01 Å². The zero-order chi connectivity index (χ0) is 26.8. The fraction of sp³-hybridized carbons (Fsp3) is 0.320. The van der Waals surface area contributed by atoms with Crippen molar-refractivity contribution in [3.63, 3.8) is 0 Å². The summed E-state index contributed by atoms with van der Waals surface area (Å²) in [6.07, 6.45) is 3.64. The van der Waals surface area contributed by atoms with E-state index in [9.17, 15) is 9.59 Å². The Morgan fingerprint density at radius 3 is 2.87 bits per heavy atom. The third-order valence-corrected chi connectivity index (χ3v) is 7.15. The molecule has 194 valence electrons. The van der Waals surface area contributed by atoms with Crippen LogP contribution in [-0.2, 0) is 0 Å². The zero-order valence-corrected chi connectivity index (χ0v) is 21.6. The van der Waals surface area contributed by atoms with Crippen molar-refractivity contribution < 1.29 is 14.7 Å². The molecule has 1 aliphatic heterocycles. The van der Waals surface area contributed by atoms with Gasteiger partial charge in [-0.2, -0.15) is 10.4 Å². The van der Waals surface area contributed by atoms with Crippen molar-refractivity contribution in [3.05, 3.63) is 47.2 Å². The SMILES string of the molecule is CC(C)Nc1cc(-c2ccc3cc(C#N)cnn23)ncc1-c1nnc(C(=O)N2CCC[C@H]2CNC(=O)O)s1. The largest absolute Gasteiger partial charge is 0.465 e. The number of carbonyl (C=O) groups is 2. The van der Waals surface area contributed by atoms with E-state index in [-0.39, 0.29) is 29.5 Å². The minimum Gasteiger partial charge on any atom is -0.465 e. The number of likely N-dealkylation sites (tertiary alicyclic amines) is 1. The standard InChI is InChI=1S/C25H25N9O3S/c1-14(2)30-19-9-20(21-6-5-16-8-15(10-26)11-29-34(16)21)27-13-18(19)22-31-32-23(38-22)24(35)33-7-3-4-17(33)12-28-25(36)37/h5-6,8-9,11,13-14,17,28H,3-4,7,12H2,1-2H3,(H,27,30)(H,36,37)/t17-/m0/s1. The van der Waals surface area contributed by atoms with Gasteiger partial charge in [0, 0.05) is 37.1 Å². The molecule has 0 radical (unpaired) electrons. The van der Waals surface area contributed by atoms with Crippen LogP contribution >= 0.6 is 11.3 Å².